The Hall–Kier alpha value is -1.28. The molecule has 0 aromatic rings. The van der Waals surface area contributed by atoms with Crippen LogP contribution in [0.4, 0.5) is 0 Å². The lowest BCUT2D eigenvalue weighted by atomic mass is 10.2. The SMILES string of the molecule is OC1COCC(O)COCC(O)COC1.OCC(O)COC1COCC(O)COC1.OCC(O)COCC(CO)OCC(O)CO.OCC(O)COCC(O)COCC(O)CO.OCC(O)COCC1OCC(CO)CO1. The normalized spacial score (nSPS) is 25.8. The highest BCUT2D eigenvalue weighted by atomic mass is 16.7. The van der Waals surface area contributed by atoms with E-state index in [9.17, 15) is 25.5 Å². The maximum absolute atomic E-state index is 9.32. The van der Waals surface area contributed by atoms with Crippen molar-refractivity contribution in [2.45, 2.75) is 85.6 Å². The zero-order valence-corrected chi connectivity index (χ0v) is 43.7. The summed E-state index contributed by atoms with van der Waals surface area (Å²) in [7, 11) is 0. The molecule has 3 fully saturated rings. The molecule has 3 aliphatic rings. The maximum atomic E-state index is 9.32. The molecule has 19 N–H and O–H groups in total. The fourth-order valence-electron chi connectivity index (χ4n) is 5.14. The fourth-order valence-corrected chi connectivity index (χ4v) is 5.14. The van der Waals surface area contributed by atoms with Crippen molar-refractivity contribution < 1.29 is 159 Å². The topological polar surface area (TPSA) is 504 Å². The number of aliphatic hydroxyl groups is 19. The van der Waals surface area contributed by atoms with Crippen molar-refractivity contribution in [3.63, 3.8) is 0 Å². The van der Waals surface area contributed by atoms with E-state index < -0.39 is 106 Å². The monoisotopic (exact) mass is 1150 g/mol. The molecular formula is C45H94O32. The average Bonchev–Trinajstić information content (AvgIpc) is 3.42. The number of rotatable bonds is 30. The summed E-state index contributed by atoms with van der Waals surface area (Å²) in [5.41, 5.74) is 0. The van der Waals surface area contributed by atoms with Crippen molar-refractivity contribution in [1.82, 2.24) is 0 Å². The van der Waals surface area contributed by atoms with Gasteiger partial charge in [0.1, 0.15) is 79.4 Å². The van der Waals surface area contributed by atoms with E-state index in [1.165, 1.54) is 0 Å². The minimum Gasteiger partial charge on any atom is -0.396 e. The third kappa shape index (κ3) is 50.2. The molecule has 32 heteroatoms. The lowest BCUT2D eigenvalue weighted by molar-refractivity contribution is -0.227. The molecule has 3 rings (SSSR count). The Morgan fingerprint density at radius 2 is 0.649 bits per heavy atom. The van der Waals surface area contributed by atoms with Gasteiger partial charge in [-0.15, -0.1) is 0 Å². The first-order valence-electron chi connectivity index (χ1n) is 24.9. The van der Waals surface area contributed by atoms with Gasteiger partial charge >= 0.3 is 0 Å². The van der Waals surface area contributed by atoms with Gasteiger partial charge in [0, 0.05) is 5.92 Å². The van der Waals surface area contributed by atoms with Gasteiger partial charge in [-0.25, -0.2) is 0 Å². The van der Waals surface area contributed by atoms with E-state index in [1.807, 2.05) is 0 Å². The summed E-state index contributed by atoms with van der Waals surface area (Å²) in [4.78, 5) is 0. The van der Waals surface area contributed by atoms with Crippen molar-refractivity contribution in [1.29, 1.82) is 0 Å². The summed E-state index contributed by atoms with van der Waals surface area (Å²) in [5, 5.41) is 169. The summed E-state index contributed by atoms with van der Waals surface area (Å²) in [5.74, 6) is 0.0317. The van der Waals surface area contributed by atoms with Gasteiger partial charge in [0.2, 0.25) is 0 Å². The van der Waals surface area contributed by atoms with Crippen LogP contribution < -0.4 is 0 Å². The van der Waals surface area contributed by atoms with Gasteiger partial charge in [0.15, 0.2) is 6.29 Å². The number of ether oxygens (including phenoxy) is 13. The molecule has 7 atom stereocenters. The highest BCUT2D eigenvalue weighted by Gasteiger charge is 2.22. The van der Waals surface area contributed by atoms with Crippen molar-refractivity contribution in [3.8, 4) is 0 Å². The predicted octanol–water partition coefficient (Wildman–Crippen LogP) is -11.2. The van der Waals surface area contributed by atoms with E-state index in [0.29, 0.717) is 26.4 Å². The second-order valence-corrected chi connectivity index (χ2v) is 17.4. The molecule has 32 nitrogen and oxygen atoms in total. The molecule has 77 heavy (non-hydrogen) atoms. The highest BCUT2D eigenvalue weighted by molar-refractivity contribution is 4.65. The van der Waals surface area contributed by atoms with E-state index >= 15 is 0 Å². The molecule has 0 saturated carbocycles. The first-order chi connectivity index (χ1) is 36.9. The quantitative estimate of drug-likeness (QED) is 0.0318. The minimum atomic E-state index is -0.989. The molecule has 3 saturated heterocycles. The standard InChI is InChI=1S/2C9H20O7.3C9H18O6/c10-1-7(13)4-15-6-9(3-12)16-5-8(14)2-11;10-1-7(12)3-15-5-9(14)6-16-4-8(13)2-11;10-1-7(11)4-15-9-5-13-2-8(12)3-14-6-9;10-1-7-3-14-9(15-4-7)6-13-5-8(12)2-11;10-7-1-13-3-8(11)4-15-6-9(12)5-14-2-7/h2*7-14H,1-6H2;3*7-12H,1-6H2. The molecular weight excluding hydrogens is 1050 g/mol. The zero-order valence-electron chi connectivity index (χ0n) is 43.7. The van der Waals surface area contributed by atoms with E-state index in [-0.39, 0.29) is 157 Å². The van der Waals surface area contributed by atoms with Crippen molar-refractivity contribution in [2.75, 3.05) is 198 Å². The van der Waals surface area contributed by atoms with Gasteiger partial charge < -0.3 is 159 Å². The Bertz CT molecular complexity index is 1140. The minimum absolute atomic E-state index is 0.0317. The second kappa shape index (κ2) is 54.0. The molecule has 0 bridgehead atoms. The summed E-state index contributed by atoms with van der Waals surface area (Å²) >= 11 is 0. The Kier molecular flexibility index (Phi) is 54.5. The Balaban J connectivity index is 0. The van der Waals surface area contributed by atoms with Crippen LogP contribution >= 0.6 is 0 Å². The van der Waals surface area contributed by atoms with Gasteiger partial charge in [-0.2, -0.15) is 0 Å². The molecule has 0 radical (unpaired) electrons. The van der Waals surface area contributed by atoms with E-state index in [2.05, 4.69) is 0 Å². The Morgan fingerprint density at radius 3 is 1.00 bits per heavy atom. The maximum Gasteiger partial charge on any atom is 0.180 e. The van der Waals surface area contributed by atoms with Crippen LogP contribution in [0.15, 0.2) is 0 Å². The van der Waals surface area contributed by atoms with Crippen LogP contribution in [0.1, 0.15) is 0 Å². The van der Waals surface area contributed by atoms with Crippen LogP contribution in [0.3, 0.4) is 0 Å². The first-order valence-corrected chi connectivity index (χ1v) is 24.9. The van der Waals surface area contributed by atoms with Gasteiger partial charge in [-0.3, -0.25) is 0 Å². The Morgan fingerprint density at radius 1 is 0.338 bits per heavy atom. The van der Waals surface area contributed by atoms with Gasteiger partial charge in [0.05, 0.1) is 198 Å². The van der Waals surface area contributed by atoms with Gasteiger partial charge in [-0.1, -0.05) is 0 Å². The average molecular weight is 1150 g/mol. The largest absolute Gasteiger partial charge is 0.396 e. The zero-order chi connectivity index (χ0) is 58.1. The Labute approximate surface area is 447 Å². The molecule has 3 heterocycles. The van der Waals surface area contributed by atoms with E-state index in [4.69, 9.17) is 133 Å². The van der Waals surface area contributed by atoms with E-state index in [1.54, 1.807) is 0 Å². The lowest BCUT2D eigenvalue weighted by Crippen LogP contribution is -2.37. The fraction of sp³-hybridized carbons (Fsp3) is 1.00. The van der Waals surface area contributed by atoms with Crippen molar-refractivity contribution in [3.05, 3.63) is 0 Å². The number of hydrogen-bond donors (Lipinski definition) is 19. The summed E-state index contributed by atoms with van der Waals surface area (Å²) in [6, 6.07) is 0. The summed E-state index contributed by atoms with van der Waals surface area (Å²) in [6.07, 6.45) is -10.6. The third-order valence-electron chi connectivity index (χ3n) is 9.32. The third-order valence-corrected chi connectivity index (χ3v) is 9.32. The smallest absolute Gasteiger partial charge is 0.180 e. The molecule has 0 amide bonds. The highest BCUT2D eigenvalue weighted by Crippen LogP contribution is 2.11. The van der Waals surface area contributed by atoms with Gasteiger partial charge in [0.25, 0.3) is 0 Å². The van der Waals surface area contributed by atoms with Gasteiger partial charge in [-0.05, 0) is 0 Å². The van der Waals surface area contributed by atoms with Crippen molar-refractivity contribution >= 4 is 0 Å². The second-order valence-electron chi connectivity index (χ2n) is 17.4. The van der Waals surface area contributed by atoms with Crippen LogP contribution in [-0.2, 0) is 61.6 Å². The van der Waals surface area contributed by atoms with Crippen LogP contribution in [0.25, 0.3) is 0 Å². The lowest BCUT2D eigenvalue weighted by Gasteiger charge is -2.28. The molecule has 0 spiro atoms. The molecule has 0 aliphatic carbocycles. The molecule has 466 valence electrons. The van der Waals surface area contributed by atoms with Crippen LogP contribution in [-0.4, -0.2) is 381 Å². The summed E-state index contributed by atoms with van der Waals surface area (Å²) < 4.78 is 66.0. The van der Waals surface area contributed by atoms with Crippen LogP contribution in [0.5, 0.6) is 0 Å². The summed E-state index contributed by atoms with van der Waals surface area (Å²) in [6.45, 7) is 0.124. The predicted molar refractivity (Wildman–Crippen MR) is 259 cm³/mol. The van der Waals surface area contributed by atoms with Crippen LogP contribution in [0, 0.1) is 5.92 Å². The van der Waals surface area contributed by atoms with Crippen molar-refractivity contribution in [2.24, 2.45) is 5.92 Å². The molecule has 0 aromatic heterocycles. The molecule has 7 unspecified atom stereocenters. The molecule has 0 aromatic carbocycles. The van der Waals surface area contributed by atoms with Crippen LogP contribution in [0.2, 0.25) is 0 Å². The first kappa shape index (κ1) is 77.8. The molecule has 3 aliphatic heterocycles. The number of hydrogen-bond acceptors (Lipinski definition) is 32. The number of aliphatic hydroxyl groups excluding tert-OH is 19. The van der Waals surface area contributed by atoms with E-state index in [0.717, 1.165) is 0 Å².